The third kappa shape index (κ3) is 5.58. The number of hydrogen-bond acceptors (Lipinski definition) is 4. The van der Waals surface area contributed by atoms with Crippen LogP contribution in [0.1, 0.15) is 13.8 Å². The fourth-order valence-corrected chi connectivity index (χ4v) is 1.46. The predicted molar refractivity (Wildman–Crippen MR) is 72.2 cm³/mol. The van der Waals surface area contributed by atoms with Crippen LogP contribution in [0.3, 0.4) is 0 Å². The van der Waals surface area contributed by atoms with Gasteiger partial charge in [0.05, 0.1) is 12.2 Å². The molecule has 0 saturated carbocycles. The SMILES string of the molecule is CCOC(CNC(=O)Nc1ccccc1O)OCC. The number of urea groups is 1. The lowest BCUT2D eigenvalue weighted by Crippen LogP contribution is -2.37. The average molecular weight is 268 g/mol. The second-order valence-corrected chi connectivity index (χ2v) is 3.69. The van der Waals surface area contributed by atoms with Crippen molar-refractivity contribution >= 4 is 11.7 Å². The summed E-state index contributed by atoms with van der Waals surface area (Å²) in [5.74, 6) is 0.0174. The highest BCUT2D eigenvalue weighted by Gasteiger charge is 2.10. The Morgan fingerprint density at radius 1 is 1.26 bits per heavy atom. The van der Waals surface area contributed by atoms with Crippen LogP contribution in [0.5, 0.6) is 5.75 Å². The summed E-state index contributed by atoms with van der Waals surface area (Å²) < 4.78 is 10.6. The van der Waals surface area contributed by atoms with Crippen molar-refractivity contribution in [2.24, 2.45) is 0 Å². The van der Waals surface area contributed by atoms with E-state index in [2.05, 4.69) is 10.6 Å². The number of hydrogen-bond donors (Lipinski definition) is 3. The number of para-hydroxylation sites is 2. The van der Waals surface area contributed by atoms with Gasteiger partial charge in [0.2, 0.25) is 0 Å². The van der Waals surface area contributed by atoms with Gasteiger partial charge in [0.15, 0.2) is 6.29 Å². The molecule has 19 heavy (non-hydrogen) atoms. The van der Waals surface area contributed by atoms with E-state index in [0.717, 1.165) is 0 Å². The highest BCUT2D eigenvalue weighted by Crippen LogP contribution is 2.20. The van der Waals surface area contributed by atoms with E-state index in [-0.39, 0.29) is 12.3 Å². The third-order valence-electron chi connectivity index (χ3n) is 2.29. The van der Waals surface area contributed by atoms with Gasteiger partial charge in [-0.1, -0.05) is 12.1 Å². The average Bonchev–Trinajstić information content (AvgIpc) is 2.39. The van der Waals surface area contributed by atoms with Crippen LogP contribution in [0.15, 0.2) is 24.3 Å². The minimum absolute atomic E-state index is 0.0174. The monoisotopic (exact) mass is 268 g/mol. The summed E-state index contributed by atoms with van der Waals surface area (Å²) in [6.07, 6.45) is -0.467. The molecule has 0 heterocycles. The first kappa shape index (κ1) is 15.3. The molecule has 0 aliphatic rings. The molecule has 0 aliphatic carbocycles. The lowest BCUT2D eigenvalue weighted by Gasteiger charge is -2.17. The molecule has 0 unspecified atom stereocenters. The maximum absolute atomic E-state index is 11.6. The number of ether oxygens (including phenoxy) is 2. The van der Waals surface area contributed by atoms with Crippen LogP contribution in [0.4, 0.5) is 10.5 Å². The standard InChI is InChI=1S/C13H20N2O4/c1-3-18-12(19-4-2)9-14-13(17)15-10-7-5-6-8-11(10)16/h5-8,12,16H,3-4,9H2,1-2H3,(H2,14,15,17). The Hall–Kier alpha value is -1.79. The topological polar surface area (TPSA) is 79.8 Å². The number of phenols is 1. The molecule has 0 radical (unpaired) electrons. The molecule has 0 saturated heterocycles. The summed E-state index contributed by atoms with van der Waals surface area (Å²) in [6, 6.07) is 6.08. The molecule has 6 nitrogen and oxygen atoms in total. The van der Waals surface area contributed by atoms with Crippen LogP contribution in [0, 0.1) is 0 Å². The summed E-state index contributed by atoms with van der Waals surface area (Å²) in [5.41, 5.74) is 0.351. The molecule has 1 aromatic carbocycles. The Bertz CT molecular complexity index is 392. The van der Waals surface area contributed by atoms with Crippen LogP contribution in [0.2, 0.25) is 0 Å². The van der Waals surface area contributed by atoms with Crippen molar-refractivity contribution in [2.45, 2.75) is 20.1 Å². The first-order valence-corrected chi connectivity index (χ1v) is 6.23. The van der Waals surface area contributed by atoms with Gasteiger partial charge in [-0.05, 0) is 26.0 Å². The summed E-state index contributed by atoms with van der Waals surface area (Å²) in [7, 11) is 0. The number of nitrogens with one attached hydrogen (secondary N) is 2. The predicted octanol–water partition coefficient (Wildman–Crippen LogP) is 1.91. The van der Waals surface area contributed by atoms with Crippen molar-refractivity contribution in [3.63, 3.8) is 0 Å². The van der Waals surface area contributed by atoms with E-state index in [0.29, 0.717) is 18.9 Å². The first-order chi connectivity index (χ1) is 9.17. The van der Waals surface area contributed by atoms with E-state index >= 15 is 0 Å². The van der Waals surface area contributed by atoms with Crippen LogP contribution in [-0.2, 0) is 9.47 Å². The number of rotatable bonds is 7. The maximum Gasteiger partial charge on any atom is 0.319 e. The molecule has 0 atom stereocenters. The van der Waals surface area contributed by atoms with E-state index in [9.17, 15) is 9.90 Å². The maximum atomic E-state index is 11.6. The zero-order valence-electron chi connectivity index (χ0n) is 11.2. The van der Waals surface area contributed by atoms with Crippen LogP contribution < -0.4 is 10.6 Å². The second-order valence-electron chi connectivity index (χ2n) is 3.69. The largest absolute Gasteiger partial charge is 0.506 e. The quantitative estimate of drug-likeness (QED) is 0.521. The van der Waals surface area contributed by atoms with E-state index in [1.807, 2.05) is 13.8 Å². The third-order valence-corrected chi connectivity index (χ3v) is 2.29. The minimum Gasteiger partial charge on any atom is -0.506 e. The van der Waals surface area contributed by atoms with Gasteiger partial charge in [0, 0.05) is 13.2 Å². The number of phenolic OH excluding ortho intramolecular Hbond substituents is 1. The fraction of sp³-hybridized carbons (Fsp3) is 0.462. The Labute approximate surface area is 112 Å². The molecule has 6 heteroatoms. The Morgan fingerprint density at radius 2 is 1.89 bits per heavy atom. The number of benzene rings is 1. The Balaban J connectivity index is 2.40. The Kier molecular flexibility index (Phi) is 6.70. The molecular weight excluding hydrogens is 248 g/mol. The summed E-state index contributed by atoms with van der Waals surface area (Å²) in [4.78, 5) is 11.6. The van der Waals surface area contributed by atoms with Crippen LogP contribution in [-0.4, -0.2) is 37.2 Å². The molecule has 2 amide bonds. The molecule has 0 fully saturated rings. The highest BCUT2D eigenvalue weighted by molar-refractivity contribution is 5.90. The van der Waals surface area contributed by atoms with Gasteiger partial charge in [0.1, 0.15) is 5.75 Å². The van der Waals surface area contributed by atoms with Crippen LogP contribution in [0.25, 0.3) is 0 Å². The van der Waals surface area contributed by atoms with E-state index in [1.165, 1.54) is 6.07 Å². The van der Waals surface area contributed by atoms with Gasteiger partial charge in [0.25, 0.3) is 0 Å². The molecule has 106 valence electrons. The lowest BCUT2D eigenvalue weighted by molar-refractivity contribution is -0.131. The zero-order valence-corrected chi connectivity index (χ0v) is 11.2. The minimum atomic E-state index is -0.467. The Morgan fingerprint density at radius 3 is 2.47 bits per heavy atom. The van der Waals surface area contributed by atoms with E-state index in [1.54, 1.807) is 18.2 Å². The van der Waals surface area contributed by atoms with Crippen molar-refractivity contribution in [3.05, 3.63) is 24.3 Å². The smallest absolute Gasteiger partial charge is 0.319 e. The normalized spacial score (nSPS) is 10.5. The fourth-order valence-electron chi connectivity index (χ4n) is 1.46. The molecule has 0 bridgehead atoms. The molecular formula is C13H20N2O4. The number of carbonyl (C=O) groups excluding carboxylic acids is 1. The number of aromatic hydroxyl groups is 1. The highest BCUT2D eigenvalue weighted by atomic mass is 16.7. The van der Waals surface area contributed by atoms with Gasteiger partial charge < -0.3 is 25.2 Å². The van der Waals surface area contributed by atoms with Gasteiger partial charge in [-0.2, -0.15) is 0 Å². The molecule has 3 N–H and O–H groups in total. The molecule has 0 spiro atoms. The number of amides is 2. The van der Waals surface area contributed by atoms with Crippen molar-refractivity contribution in [1.82, 2.24) is 5.32 Å². The summed E-state index contributed by atoms with van der Waals surface area (Å²) in [6.45, 7) is 4.96. The molecule has 0 aliphatic heterocycles. The van der Waals surface area contributed by atoms with Gasteiger partial charge in [-0.15, -0.1) is 0 Å². The van der Waals surface area contributed by atoms with Gasteiger partial charge in [-0.3, -0.25) is 0 Å². The van der Waals surface area contributed by atoms with Crippen molar-refractivity contribution in [3.8, 4) is 5.75 Å². The lowest BCUT2D eigenvalue weighted by atomic mass is 10.3. The van der Waals surface area contributed by atoms with Crippen molar-refractivity contribution in [2.75, 3.05) is 25.1 Å². The van der Waals surface area contributed by atoms with Gasteiger partial charge >= 0.3 is 6.03 Å². The van der Waals surface area contributed by atoms with E-state index < -0.39 is 12.3 Å². The van der Waals surface area contributed by atoms with Crippen molar-refractivity contribution < 1.29 is 19.4 Å². The molecule has 1 aromatic rings. The van der Waals surface area contributed by atoms with Gasteiger partial charge in [-0.25, -0.2) is 4.79 Å². The zero-order chi connectivity index (χ0) is 14.1. The summed E-state index contributed by atoms with van der Waals surface area (Å²) >= 11 is 0. The molecule has 1 rings (SSSR count). The number of carbonyl (C=O) groups is 1. The summed E-state index contributed by atoms with van der Waals surface area (Å²) in [5, 5.41) is 14.7. The molecule has 0 aromatic heterocycles. The second kappa shape index (κ2) is 8.34. The van der Waals surface area contributed by atoms with E-state index in [4.69, 9.17) is 9.47 Å². The van der Waals surface area contributed by atoms with Crippen molar-refractivity contribution in [1.29, 1.82) is 0 Å². The number of anilines is 1. The van der Waals surface area contributed by atoms with Crippen LogP contribution >= 0.6 is 0 Å². The first-order valence-electron chi connectivity index (χ1n) is 6.23.